The van der Waals surface area contributed by atoms with Gasteiger partial charge in [-0.2, -0.15) is 0 Å². The Morgan fingerprint density at radius 2 is 2.10 bits per heavy atom. The van der Waals surface area contributed by atoms with E-state index in [2.05, 4.69) is 26.8 Å². The molecule has 0 spiro atoms. The van der Waals surface area contributed by atoms with E-state index < -0.39 is 0 Å². The van der Waals surface area contributed by atoms with Gasteiger partial charge in [0, 0.05) is 5.03 Å². The molecule has 0 aromatic rings. The normalized spacial score (nSPS) is 12.7. The van der Waals surface area contributed by atoms with Crippen molar-refractivity contribution >= 4 is 11.6 Å². The fourth-order valence-corrected chi connectivity index (χ4v) is 1.19. The molecule has 10 heavy (non-hydrogen) atoms. The lowest BCUT2D eigenvalue weighted by molar-refractivity contribution is 0.655. The van der Waals surface area contributed by atoms with Gasteiger partial charge in [-0.25, -0.2) is 0 Å². The highest BCUT2D eigenvalue weighted by Gasteiger charge is 1.95. The van der Waals surface area contributed by atoms with E-state index in [1.54, 1.807) is 0 Å². The van der Waals surface area contributed by atoms with Gasteiger partial charge in [0.1, 0.15) is 0 Å². The lowest BCUT2D eigenvalue weighted by Crippen LogP contribution is -1.85. The molecule has 0 nitrogen and oxygen atoms in total. The van der Waals surface area contributed by atoms with E-state index in [1.807, 2.05) is 0 Å². The lowest BCUT2D eigenvalue weighted by atomic mass is 10.1. The predicted molar refractivity (Wildman–Crippen MR) is 48.3 cm³/mol. The Morgan fingerprint density at radius 1 is 1.50 bits per heavy atom. The van der Waals surface area contributed by atoms with Crippen LogP contribution >= 0.6 is 11.6 Å². The van der Waals surface area contributed by atoms with Crippen LogP contribution in [0.15, 0.2) is 11.1 Å². The highest BCUT2D eigenvalue weighted by Crippen LogP contribution is 2.15. The first-order chi connectivity index (χ1) is 4.66. The maximum Gasteiger partial charge on any atom is 0.0143 e. The molecule has 0 aromatic heterocycles. The Morgan fingerprint density at radius 3 is 2.50 bits per heavy atom. The van der Waals surface area contributed by atoms with Crippen molar-refractivity contribution in [3.05, 3.63) is 11.1 Å². The van der Waals surface area contributed by atoms with Crippen LogP contribution in [0.3, 0.4) is 0 Å². The number of rotatable bonds is 4. The van der Waals surface area contributed by atoms with Gasteiger partial charge in [0.05, 0.1) is 0 Å². The number of hydrogen-bond acceptors (Lipinski definition) is 0. The van der Waals surface area contributed by atoms with Crippen molar-refractivity contribution in [3.63, 3.8) is 0 Å². The summed E-state index contributed by atoms with van der Waals surface area (Å²) in [7, 11) is 0. The minimum Gasteiger partial charge on any atom is -0.0895 e. The van der Waals surface area contributed by atoms with E-state index in [4.69, 9.17) is 11.6 Å². The fraction of sp³-hybridized carbons (Fsp3) is 0.778. The average Bonchev–Trinajstić information content (AvgIpc) is 1.82. The monoisotopic (exact) mass is 160 g/mol. The van der Waals surface area contributed by atoms with E-state index in [1.165, 1.54) is 6.42 Å². The van der Waals surface area contributed by atoms with Gasteiger partial charge in [0.2, 0.25) is 0 Å². The van der Waals surface area contributed by atoms with E-state index in [0.717, 1.165) is 17.9 Å². The molecule has 0 amide bonds. The largest absolute Gasteiger partial charge is 0.0895 e. The van der Waals surface area contributed by atoms with Gasteiger partial charge in [-0.3, -0.25) is 0 Å². The third-order valence-electron chi connectivity index (χ3n) is 1.26. The summed E-state index contributed by atoms with van der Waals surface area (Å²) >= 11 is 5.92. The molecular formula is C9H17Cl. The minimum absolute atomic E-state index is 0.681. The molecule has 0 aliphatic heterocycles. The van der Waals surface area contributed by atoms with Crippen LogP contribution in [0.5, 0.6) is 0 Å². The van der Waals surface area contributed by atoms with Crippen molar-refractivity contribution in [1.82, 2.24) is 0 Å². The van der Waals surface area contributed by atoms with Gasteiger partial charge in [0.15, 0.2) is 0 Å². The zero-order chi connectivity index (χ0) is 7.98. The number of hydrogen-bond donors (Lipinski definition) is 0. The first-order valence-electron chi connectivity index (χ1n) is 4.01. The van der Waals surface area contributed by atoms with Crippen molar-refractivity contribution in [3.8, 4) is 0 Å². The Hall–Kier alpha value is 0.0300. The standard InChI is InChI=1S/C9H17Cl/c1-4-5-6-9(10)7-8(2)3/h6,8H,4-5,7H2,1-3H3. The average molecular weight is 161 g/mol. The second-order valence-corrected chi connectivity index (χ2v) is 3.52. The van der Waals surface area contributed by atoms with Gasteiger partial charge in [-0.1, -0.05) is 44.9 Å². The Labute approximate surface area is 69.3 Å². The first-order valence-corrected chi connectivity index (χ1v) is 4.39. The van der Waals surface area contributed by atoms with E-state index in [0.29, 0.717) is 5.92 Å². The van der Waals surface area contributed by atoms with Gasteiger partial charge < -0.3 is 0 Å². The maximum absolute atomic E-state index is 5.92. The molecule has 1 heteroatoms. The molecule has 0 heterocycles. The molecule has 0 saturated heterocycles. The molecule has 0 unspecified atom stereocenters. The molecular weight excluding hydrogens is 144 g/mol. The second kappa shape index (κ2) is 5.79. The van der Waals surface area contributed by atoms with Crippen molar-refractivity contribution in [2.45, 2.75) is 40.0 Å². The third kappa shape index (κ3) is 6.15. The van der Waals surface area contributed by atoms with Crippen LogP contribution in [0.4, 0.5) is 0 Å². The summed E-state index contributed by atoms with van der Waals surface area (Å²) in [6, 6.07) is 0. The van der Waals surface area contributed by atoms with Crippen LogP contribution in [-0.4, -0.2) is 0 Å². The zero-order valence-electron chi connectivity index (χ0n) is 7.15. The topological polar surface area (TPSA) is 0 Å². The molecule has 0 aliphatic rings. The van der Waals surface area contributed by atoms with Crippen LogP contribution in [-0.2, 0) is 0 Å². The van der Waals surface area contributed by atoms with Crippen LogP contribution in [0.25, 0.3) is 0 Å². The molecule has 0 N–H and O–H groups in total. The summed E-state index contributed by atoms with van der Waals surface area (Å²) in [5.74, 6) is 0.681. The fourth-order valence-electron chi connectivity index (χ4n) is 0.774. The predicted octanol–water partition coefficient (Wildman–Crippen LogP) is 3.96. The Kier molecular flexibility index (Phi) is 5.81. The van der Waals surface area contributed by atoms with E-state index in [-0.39, 0.29) is 0 Å². The van der Waals surface area contributed by atoms with Crippen LogP contribution in [0.1, 0.15) is 40.0 Å². The summed E-state index contributed by atoms with van der Waals surface area (Å²) in [5, 5.41) is 1.02. The summed E-state index contributed by atoms with van der Waals surface area (Å²) in [6.45, 7) is 6.53. The van der Waals surface area contributed by atoms with Gasteiger partial charge in [-0.15, -0.1) is 0 Å². The van der Waals surface area contributed by atoms with Crippen molar-refractivity contribution in [1.29, 1.82) is 0 Å². The smallest absolute Gasteiger partial charge is 0.0143 e. The van der Waals surface area contributed by atoms with Crippen molar-refractivity contribution in [2.75, 3.05) is 0 Å². The summed E-state index contributed by atoms with van der Waals surface area (Å²) in [6.07, 6.45) is 5.46. The summed E-state index contributed by atoms with van der Waals surface area (Å²) in [5.41, 5.74) is 0. The second-order valence-electron chi connectivity index (χ2n) is 3.04. The molecule has 0 aromatic carbocycles. The van der Waals surface area contributed by atoms with Crippen LogP contribution < -0.4 is 0 Å². The van der Waals surface area contributed by atoms with Crippen LogP contribution in [0, 0.1) is 5.92 Å². The number of unbranched alkanes of at least 4 members (excludes halogenated alkanes) is 1. The maximum atomic E-state index is 5.92. The van der Waals surface area contributed by atoms with Crippen molar-refractivity contribution < 1.29 is 0 Å². The Bertz CT molecular complexity index is 103. The molecule has 0 atom stereocenters. The highest BCUT2D eigenvalue weighted by atomic mass is 35.5. The number of halogens is 1. The highest BCUT2D eigenvalue weighted by molar-refractivity contribution is 6.29. The van der Waals surface area contributed by atoms with E-state index >= 15 is 0 Å². The van der Waals surface area contributed by atoms with Crippen molar-refractivity contribution in [2.24, 2.45) is 5.92 Å². The molecule has 0 rings (SSSR count). The third-order valence-corrected chi connectivity index (χ3v) is 1.57. The SMILES string of the molecule is CCCC=C(Cl)CC(C)C. The molecule has 0 fully saturated rings. The molecule has 0 radical (unpaired) electrons. The molecule has 0 bridgehead atoms. The minimum atomic E-state index is 0.681. The number of allylic oxidation sites excluding steroid dienone is 2. The lowest BCUT2D eigenvalue weighted by Gasteiger charge is -2.01. The molecule has 60 valence electrons. The molecule has 0 aliphatic carbocycles. The first kappa shape index (κ1) is 10.0. The Balaban J connectivity index is 3.49. The van der Waals surface area contributed by atoms with Gasteiger partial charge in [0.25, 0.3) is 0 Å². The van der Waals surface area contributed by atoms with Crippen LogP contribution in [0.2, 0.25) is 0 Å². The van der Waals surface area contributed by atoms with Gasteiger partial charge >= 0.3 is 0 Å². The summed E-state index contributed by atoms with van der Waals surface area (Å²) in [4.78, 5) is 0. The van der Waals surface area contributed by atoms with Gasteiger partial charge in [-0.05, 0) is 18.8 Å². The zero-order valence-corrected chi connectivity index (χ0v) is 7.91. The summed E-state index contributed by atoms with van der Waals surface area (Å²) < 4.78 is 0. The van der Waals surface area contributed by atoms with E-state index in [9.17, 15) is 0 Å². The molecule has 0 saturated carbocycles. The quantitative estimate of drug-likeness (QED) is 0.584.